The molecule has 0 spiro atoms. The Morgan fingerprint density at radius 3 is 2.64 bits per heavy atom. The molecule has 3 rings (SSSR count). The fourth-order valence-corrected chi connectivity index (χ4v) is 3.02. The Hall–Kier alpha value is -2.59. The molecule has 0 fully saturated rings. The lowest BCUT2D eigenvalue weighted by Crippen LogP contribution is -2.33. The second-order valence-corrected chi connectivity index (χ2v) is 6.22. The van der Waals surface area contributed by atoms with Crippen molar-refractivity contribution < 1.29 is 9.53 Å². The van der Waals surface area contributed by atoms with Crippen LogP contribution in [0.4, 0.5) is 0 Å². The summed E-state index contributed by atoms with van der Waals surface area (Å²) < 4.78 is 5.70. The molecule has 0 aliphatic rings. The number of benzene rings is 2. The van der Waals surface area contributed by atoms with E-state index in [-0.39, 0.29) is 5.91 Å². The van der Waals surface area contributed by atoms with Crippen molar-refractivity contribution in [2.45, 2.75) is 20.0 Å². The molecule has 5 heteroatoms. The van der Waals surface area contributed by atoms with Crippen molar-refractivity contribution in [3.05, 3.63) is 59.4 Å². The van der Waals surface area contributed by atoms with Gasteiger partial charge in [-0.2, -0.15) is 0 Å². The van der Waals surface area contributed by atoms with Gasteiger partial charge in [-0.1, -0.05) is 35.9 Å². The number of likely N-dealkylation sites (N-methyl/N-ethyl adjacent to an activating group) is 1. The van der Waals surface area contributed by atoms with Gasteiger partial charge >= 0.3 is 0 Å². The van der Waals surface area contributed by atoms with Crippen molar-refractivity contribution in [2.24, 2.45) is 0 Å². The maximum absolute atomic E-state index is 11.6. The number of ether oxygens (including phenoxy) is 1. The van der Waals surface area contributed by atoms with E-state index >= 15 is 0 Å². The van der Waals surface area contributed by atoms with E-state index in [0.717, 1.165) is 21.9 Å². The van der Waals surface area contributed by atoms with Gasteiger partial charge in [0, 0.05) is 24.2 Å². The molecule has 1 N–H and O–H groups in total. The first-order chi connectivity index (χ1) is 12.0. The molecule has 2 aromatic carbocycles. The van der Waals surface area contributed by atoms with Crippen LogP contribution < -0.4 is 10.1 Å². The first-order valence-electron chi connectivity index (χ1n) is 8.03. The Balaban J connectivity index is 2.08. The normalized spacial score (nSPS) is 12.0. The standard InChI is InChI=1S/C20H19ClN2O2/c1-12-6-4-5-7-15(12)18-11-23-19(21)17-10-14(8-9-16(17)18)25-13(2)20(24)22-3/h4-11,13H,1-3H3,(H,22,24)/t13-/m0/s1. The third-order valence-corrected chi connectivity index (χ3v) is 4.48. The number of halogens is 1. The van der Waals surface area contributed by atoms with Gasteiger partial charge in [-0.05, 0) is 48.6 Å². The summed E-state index contributed by atoms with van der Waals surface area (Å²) in [6, 6.07) is 13.8. The van der Waals surface area contributed by atoms with E-state index in [4.69, 9.17) is 16.3 Å². The summed E-state index contributed by atoms with van der Waals surface area (Å²) >= 11 is 6.31. The molecule has 3 aromatic rings. The summed E-state index contributed by atoms with van der Waals surface area (Å²) in [7, 11) is 1.58. The van der Waals surface area contributed by atoms with Gasteiger partial charge < -0.3 is 10.1 Å². The molecule has 0 radical (unpaired) electrons. The van der Waals surface area contributed by atoms with Gasteiger partial charge in [-0.15, -0.1) is 0 Å². The Bertz CT molecular complexity index is 940. The van der Waals surface area contributed by atoms with Crippen LogP contribution in [-0.2, 0) is 4.79 Å². The van der Waals surface area contributed by atoms with Gasteiger partial charge in [0.05, 0.1) is 0 Å². The van der Waals surface area contributed by atoms with Crippen LogP contribution >= 0.6 is 11.6 Å². The summed E-state index contributed by atoms with van der Waals surface area (Å²) in [5.41, 5.74) is 3.30. The Kier molecular flexibility index (Phi) is 4.91. The molecule has 1 atom stereocenters. The third-order valence-electron chi connectivity index (χ3n) is 4.17. The molecule has 1 heterocycles. The molecule has 25 heavy (non-hydrogen) atoms. The van der Waals surface area contributed by atoms with Crippen LogP contribution in [0.25, 0.3) is 21.9 Å². The zero-order valence-corrected chi connectivity index (χ0v) is 15.1. The number of fused-ring (bicyclic) bond motifs is 1. The molecule has 0 saturated carbocycles. The number of carbonyl (C=O) groups excluding carboxylic acids is 1. The lowest BCUT2D eigenvalue weighted by molar-refractivity contribution is -0.126. The molecule has 4 nitrogen and oxygen atoms in total. The SMILES string of the molecule is CNC(=O)[C@H](C)Oc1ccc2c(-c3ccccc3C)cnc(Cl)c2c1. The van der Waals surface area contributed by atoms with Crippen LogP contribution in [0.2, 0.25) is 5.15 Å². The highest BCUT2D eigenvalue weighted by Crippen LogP contribution is 2.35. The molecular formula is C20H19ClN2O2. The molecule has 0 bridgehead atoms. The van der Waals surface area contributed by atoms with E-state index in [1.807, 2.05) is 30.3 Å². The van der Waals surface area contributed by atoms with Crippen LogP contribution in [-0.4, -0.2) is 24.0 Å². The second-order valence-electron chi connectivity index (χ2n) is 5.86. The largest absolute Gasteiger partial charge is 0.481 e. The summed E-state index contributed by atoms with van der Waals surface area (Å²) in [6.45, 7) is 3.77. The molecule has 128 valence electrons. The number of nitrogens with zero attached hydrogens (tertiary/aromatic N) is 1. The summed E-state index contributed by atoms with van der Waals surface area (Å²) in [4.78, 5) is 16.0. The number of hydrogen-bond donors (Lipinski definition) is 1. The number of carbonyl (C=O) groups is 1. The number of nitrogens with one attached hydrogen (secondary N) is 1. The van der Waals surface area contributed by atoms with E-state index in [9.17, 15) is 4.79 Å². The lowest BCUT2D eigenvalue weighted by Gasteiger charge is -2.15. The van der Waals surface area contributed by atoms with Crippen molar-refractivity contribution in [1.82, 2.24) is 10.3 Å². The Morgan fingerprint density at radius 1 is 1.16 bits per heavy atom. The van der Waals surface area contributed by atoms with Crippen molar-refractivity contribution in [2.75, 3.05) is 7.05 Å². The minimum Gasteiger partial charge on any atom is -0.481 e. The molecular weight excluding hydrogens is 336 g/mol. The fourth-order valence-electron chi connectivity index (χ4n) is 2.81. The predicted molar refractivity (Wildman–Crippen MR) is 101 cm³/mol. The third kappa shape index (κ3) is 3.44. The lowest BCUT2D eigenvalue weighted by atomic mass is 9.97. The van der Waals surface area contributed by atoms with E-state index < -0.39 is 6.10 Å². The molecule has 1 aromatic heterocycles. The first kappa shape index (κ1) is 17.2. The maximum atomic E-state index is 11.6. The minimum atomic E-state index is -0.589. The highest BCUT2D eigenvalue weighted by molar-refractivity contribution is 6.34. The zero-order chi connectivity index (χ0) is 18.0. The van der Waals surface area contributed by atoms with Gasteiger partial charge in [0.2, 0.25) is 0 Å². The average molecular weight is 355 g/mol. The van der Waals surface area contributed by atoms with Gasteiger partial charge in [0.25, 0.3) is 5.91 Å². The quantitative estimate of drug-likeness (QED) is 0.707. The van der Waals surface area contributed by atoms with Crippen LogP contribution in [0, 0.1) is 6.92 Å². The number of rotatable bonds is 4. The first-order valence-corrected chi connectivity index (χ1v) is 8.41. The molecule has 0 aliphatic carbocycles. The zero-order valence-electron chi connectivity index (χ0n) is 14.3. The molecule has 1 amide bonds. The average Bonchev–Trinajstić information content (AvgIpc) is 2.62. The van der Waals surface area contributed by atoms with Crippen molar-refractivity contribution in [3.8, 4) is 16.9 Å². The van der Waals surface area contributed by atoms with Gasteiger partial charge in [0.1, 0.15) is 10.9 Å². The van der Waals surface area contributed by atoms with E-state index in [1.165, 1.54) is 5.56 Å². The van der Waals surface area contributed by atoms with E-state index in [0.29, 0.717) is 10.9 Å². The number of amides is 1. The van der Waals surface area contributed by atoms with E-state index in [2.05, 4.69) is 29.4 Å². The van der Waals surface area contributed by atoms with Crippen LogP contribution in [0.5, 0.6) is 5.75 Å². The van der Waals surface area contributed by atoms with Gasteiger partial charge in [0.15, 0.2) is 6.10 Å². The Morgan fingerprint density at radius 2 is 1.92 bits per heavy atom. The molecule has 0 saturated heterocycles. The highest BCUT2D eigenvalue weighted by atomic mass is 35.5. The summed E-state index contributed by atoms with van der Waals surface area (Å²) in [5, 5.41) is 4.77. The predicted octanol–water partition coefficient (Wildman–Crippen LogP) is 4.38. The number of hydrogen-bond acceptors (Lipinski definition) is 3. The van der Waals surface area contributed by atoms with Gasteiger partial charge in [-0.25, -0.2) is 4.98 Å². The van der Waals surface area contributed by atoms with Crippen molar-refractivity contribution in [3.63, 3.8) is 0 Å². The van der Waals surface area contributed by atoms with Crippen LogP contribution in [0.15, 0.2) is 48.7 Å². The van der Waals surface area contributed by atoms with Crippen molar-refractivity contribution >= 4 is 28.3 Å². The van der Waals surface area contributed by atoms with Crippen LogP contribution in [0.3, 0.4) is 0 Å². The number of pyridine rings is 1. The fraction of sp³-hybridized carbons (Fsp3) is 0.200. The molecule has 0 aliphatic heterocycles. The van der Waals surface area contributed by atoms with Gasteiger partial charge in [-0.3, -0.25) is 4.79 Å². The Labute approximate surface area is 151 Å². The highest BCUT2D eigenvalue weighted by Gasteiger charge is 2.15. The maximum Gasteiger partial charge on any atom is 0.260 e. The summed E-state index contributed by atoms with van der Waals surface area (Å²) in [5.74, 6) is 0.396. The monoisotopic (exact) mass is 354 g/mol. The smallest absolute Gasteiger partial charge is 0.260 e. The number of aryl methyl sites for hydroxylation is 1. The second kappa shape index (κ2) is 7.11. The molecule has 0 unspecified atom stereocenters. The van der Waals surface area contributed by atoms with Crippen LogP contribution in [0.1, 0.15) is 12.5 Å². The van der Waals surface area contributed by atoms with Crippen molar-refractivity contribution in [1.29, 1.82) is 0 Å². The van der Waals surface area contributed by atoms with E-state index in [1.54, 1.807) is 20.2 Å². The summed E-state index contributed by atoms with van der Waals surface area (Å²) in [6.07, 6.45) is 1.20. The topological polar surface area (TPSA) is 51.2 Å². The minimum absolute atomic E-state index is 0.182. The number of aromatic nitrogens is 1.